The number of carbonyl (C=O) groups is 1. The van der Waals surface area contributed by atoms with E-state index in [0.717, 1.165) is 49.4 Å². The van der Waals surface area contributed by atoms with E-state index in [9.17, 15) is 9.18 Å². The van der Waals surface area contributed by atoms with Crippen LogP contribution in [0.5, 0.6) is 0 Å². The molecule has 1 amide bonds. The SMILES string of the molecule is O=C(NCCCN1CCCCC1)C1CCc2ncc(-c3ccc(F)cc3)n2C1. The highest BCUT2D eigenvalue weighted by Crippen LogP contribution is 2.27. The van der Waals surface area contributed by atoms with Gasteiger partial charge in [0.25, 0.3) is 0 Å². The van der Waals surface area contributed by atoms with Gasteiger partial charge in [0, 0.05) is 19.5 Å². The number of imidazole rings is 1. The van der Waals surface area contributed by atoms with E-state index in [-0.39, 0.29) is 17.6 Å². The van der Waals surface area contributed by atoms with Crippen molar-refractivity contribution in [2.24, 2.45) is 5.92 Å². The van der Waals surface area contributed by atoms with E-state index in [0.29, 0.717) is 6.54 Å². The van der Waals surface area contributed by atoms with Gasteiger partial charge in [0.1, 0.15) is 11.6 Å². The standard InChI is InChI=1S/C22H29FN4O/c23-19-8-5-17(6-9-19)20-15-25-21-10-7-18(16-27(20)21)22(28)24-11-4-14-26-12-2-1-3-13-26/h5-6,8-9,15,18H,1-4,7,10-14,16H2,(H,24,28). The van der Waals surface area contributed by atoms with Gasteiger partial charge in [0.15, 0.2) is 0 Å². The normalized spacial score (nSPS) is 20.0. The van der Waals surface area contributed by atoms with E-state index in [1.165, 1.54) is 44.5 Å². The van der Waals surface area contributed by atoms with Gasteiger partial charge in [-0.05, 0) is 75.1 Å². The number of hydrogen-bond acceptors (Lipinski definition) is 3. The number of rotatable bonds is 6. The van der Waals surface area contributed by atoms with Gasteiger partial charge in [0.05, 0.1) is 17.8 Å². The van der Waals surface area contributed by atoms with Crippen molar-refractivity contribution in [2.45, 2.75) is 45.1 Å². The maximum Gasteiger partial charge on any atom is 0.224 e. The van der Waals surface area contributed by atoms with Crippen molar-refractivity contribution in [3.63, 3.8) is 0 Å². The highest BCUT2D eigenvalue weighted by atomic mass is 19.1. The van der Waals surface area contributed by atoms with Gasteiger partial charge in [-0.25, -0.2) is 9.37 Å². The Morgan fingerprint density at radius 1 is 1.18 bits per heavy atom. The summed E-state index contributed by atoms with van der Waals surface area (Å²) in [6.45, 7) is 4.86. The van der Waals surface area contributed by atoms with Crippen LogP contribution >= 0.6 is 0 Å². The summed E-state index contributed by atoms with van der Waals surface area (Å²) in [4.78, 5) is 19.7. The molecular formula is C22H29FN4O. The summed E-state index contributed by atoms with van der Waals surface area (Å²) in [7, 11) is 0. The lowest BCUT2D eigenvalue weighted by atomic mass is 9.98. The van der Waals surface area contributed by atoms with Crippen LogP contribution in [0.15, 0.2) is 30.5 Å². The number of nitrogens with one attached hydrogen (secondary N) is 1. The number of aromatic nitrogens is 2. The van der Waals surface area contributed by atoms with Gasteiger partial charge in [-0.2, -0.15) is 0 Å². The Labute approximate surface area is 165 Å². The lowest BCUT2D eigenvalue weighted by molar-refractivity contribution is -0.125. The molecule has 28 heavy (non-hydrogen) atoms. The Bertz CT molecular complexity index is 795. The van der Waals surface area contributed by atoms with E-state index < -0.39 is 0 Å². The summed E-state index contributed by atoms with van der Waals surface area (Å²) in [5.74, 6) is 0.872. The van der Waals surface area contributed by atoms with Gasteiger partial charge in [-0.15, -0.1) is 0 Å². The minimum Gasteiger partial charge on any atom is -0.356 e. The number of benzene rings is 1. The number of hydrogen-bond donors (Lipinski definition) is 1. The Balaban J connectivity index is 1.31. The molecule has 5 nitrogen and oxygen atoms in total. The van der Waals surface area contributed by atoms with Crippen molar-refractivity contribution in [2.75, 3.05) is 26.2 Å². The quantitative estimate of drug-likeness (QED) is 0.778. The highest BCUT2D eigenvalue weighted by Gasteiger charge is 2.27. The van der Waals surface area contributed by atoms with Gasteiger partial charge in [-0.1, -0.05) is 6.42 Å². The third kappa shape index (κ3) is 4.43. The summed E-state index contributed by atoms with van der Waals surface area (Å²) in [6, 6.07) is 6.46. The maximum absolute atomic E-state index is 13.2. The zero-order chi connectivity index (χ0) is 19.3. The van der Waals surface area contributed by atoms with Crippen molar-refractivity contribution in [1.82, 2.24) is 19.8 Å². The van der Waals surface area contributed by atoms with Crippen LogP contribution < -0.4 is 5.32 Å². The number of aryl methyl sites for hydroxylation is 1. The summed E-state index contributed by atoms with van der Waals surface area (Å²) in [5, 5.41) is 3.13. The molecule has 0 spiro atoms. The van der Waals surface area contributed by atoms with E-state index in [4.69, 9.17) is 0 Å². The molecule has 0 aliphatic carbocycles. The first kappa shape index (κ1) is 19.1. The van der Waals surface area contributed by atoms with Gasteiger partial charge in [-0.3, -0.25) is 4.79 Å². The molecule has 1 atom stereocenters. The molecule has 1 fully saturated rings. The van der Waals surface area contributed by atoms with Crippen LogP contribution in [0.4, 0.5) is 4.39 Å². The van der Waals surface area contributed by atoms with Crippen LogP contribution in [0, 0.1) is 11.7 Å². The first-order valence-corrected chi connectivity index (χ1v) is 10.5. The molecule has 0 saturated carbocycles. The molecule has 3 heterocycles. The van der Waals surface area contributed by atoms with E-state index >= 15 is 0 Å². The van der Waals surface area contributed by atoms with Crippen LogP contribution in [0.3, 0.4) is 0 Å². The van der Waals surface area contributed by atoms with Crippen LogP contribution in [-0.4, -0.2) is 46.5 Å². The van der Waals surface area contributed by atoms with Gasteiger partial charge < -0.3 is 14.8 Å². The number of nitrogens with zero attached hydrogens (tertiary/aromatic N) is 3. The smallest absolute Gasteiger partial charge is 0.224 e. The molecule has 6 heteroatoms. The Hall–Kier alpha value is -2.21. The second-order valence-electron chi connectivity index (χ2n) is 7.96. The largest absolute Gasteiger partial charge is 0.356 e. The first-order valence-electron chi connectivity index (χ1n) is 10.5. The molecule has 1 N–H and O–H groups in total. The second kappa shape index (κ2) is 8.86. The predicted molar refractivity (Wildman–Crippen MR) is 107 cm³/mol. The Kier molecular flexibility index (Phi) is 6.05. The lowest BCUT2D eigenvalue weighted by Crippen LogP contribution is -2.38. The Morgan fingerprint density at radius 3 is 2.75 bits per heavy atom. The average molecular weight is 384 g/mol. The van der Waals surface area contributed by atoms with E-state index in [2.05, 4.69) is 19.8 Å². The monoisotopic (exact) mass is 384 g/mol. The molecule has 2 aromatic rings. The molecule has 0 radical (unpaired) electrons. The predicted octanol–water partition coefficient (Wildman–Crippen LogP) is 3.24. The van der Waals surface area contributed by atoms with Crippen LogP contribution in [-0.2, 0) is 17.8 Å². The Morgan fingerprint density at radius 2 is 1.96 bits per heavy atom. The number of likely N-dealkylation sites (tertiary alicyclic amines) is 1. The highest BCUT2D eigenvalue weighted by molar-refractivity contribution is 5.78. The fourth-order valence-electron chi connectivity index (χ4n) is 4.34. The molecule has 1 aromatic carbocycles. The van der Waals surface area contributed by atoms with Crippen molar-refractivity contribution in [3.8, 4) is 11.3 Å². The van der Waals surface area contributed by atoms with Crippen molar-refractivity contribution < 1.29 is 9.18 Å². The summed E-state index contributed by atoms with van der Waals surface area (Å²) >= 11 is 0. The summed E-state index contributed by atoms with van der Waals surface area (Å²) in [5.41, 5.74) is 1.89. The number of amides is 1. The second-order valence-corrected chi connectivity index (χ2v) is 7.96. The molecule has 1 unspecified atom stereocenters. The lowest BCUT2D eigenvalue weighted by Gasteiger charge is -2.27. The molecule has 2 aliphatic rings. The molecule has 150 valence electrons. The first-order chi connectivity index (χ1) is 13.7. The fourth-order valence-corrected chi connectivity index (χ4v) is 4.34. The molecule has 4 rings (SSSR count). The van der Waals surface area contributed by atoms with E-state index in [1.807, 2.05) is 6.20 Å². The van der Waals surface area contributed by atoms with E-state index in [1.54, 1.807) is 12.1 Å². The maximum atomic E-state index is 13.2. The third-order valence-electron chi connectivity index (χ3n) is 5.97. The topological polar surface area (TPSA) is 50.2 Å². The fraction of sp³-hybridized carbons (Fsp3) is 0.545. The zero-order valence-corrected chi connectivity index (χ0v) is 16.4. The minimum atomic E-state index is -0.246. The summed E-state index contributed by atoms with van der Waals surface area (Å²) < 4.78 is 15.3. The number of piperidine rings is 1. The number of fused-ring (bicyclic) bond motifs is 1. The van der Waals surface area contributed by atoms with Crippen LogP contribution in [0.2, 0.25) is 0 Å². The van der Waals surface area contributed by atoms with Crippen molar-refractivity contribution in [3.05, 3.63) is 42.1 Å². The summed E-state index contributed by atoms with van der Waals surface area (Å²) in [6.07, 6.45) is 8.43. The average Bonchev–Trinajstić information content (AvgIpc) is 3.15. The van der Waals surface area contributed by atoms with Gasteiger partial charge >= 0.3 is 0 Å². The number of carbonyl (C=O) groups excluding carboxylic acids is 1. The van der Waals surface area contributed by atoms with Crippen molar-refractivity contribution >= 4 is 5.91 Å². The van der Waals surface area contributed by atoms with Crippen LogP contribution in [0.1, 0.15) is 37.9 Å². The minimum absolute atomic E-state index is 0.0316. The molecule has 2 aliphatic heterocycles. The van der Waals surface area contributed by atoms with Gasteiger partial charge in [0.2, 0.25) is 5.91 Å². The third-order valence-corrected chi connectivity index (χ3v) is 5.97. The van der Waals surface area contributed by atoms with Crippen molar-refractivity contribution in [1.29, 1.82) is 0 Å². The van der Waals surface area contributed by atoms with Crippen LogP contribution in [0.25, 0.3) is 11.3 Å². The number of halogens is 1. The molecule has 1 aromatic heterocycles. The zero-order valence-electron chi connectivity index (χ0n) is 16.4. The molecule has 1 saturated heterocycles. The molecular weight excluding hydrogens is 355 g/mol. The molecule has 0 bridgehead atoms.